The molecule has 3 N–H and O–H groups in total. The lowest BCUT2D eigenvalue weighted by Gasteiger charge is -2.13. The number of nitrogens with two attached hydrogens (primary N) is 1. The van der Waals surface area contributed by atoms with E-state index in [0.717, 1.165) is 23.5 Å². The predicted molar refractivity (Wildman–Crippen MR) is 98.5 cm³/mol. The van der Waals surface area contributed by atoms with Gasteiger partial charge in [-0.25, -0.2) is 4.98 Å². The molecule has 1 amide bonds. The zero-order valence-corrected chi connectivity index (χ0v) is 15.7. The highest BCUT2D eigenvalue weighted by Gasteiger charge is 2.20. The molecule has 0 saturated heterocycles. The highest BCUT2D eigenvalue weighted by Crippen LogP contribution is 2.24. The third-order valence-electron chi connectivity index (χ3n) is 4.46. The van der Waals surface area contributed by atoms with Crippen LogP contribution in [-0.4, -0.2) is 31.7 Å². The normalized spacial score (nSPS) is 13.1. The average Bonchev–Trinajstić information content (AvgIpc) is 3.16. The van der Waals surface area contributed by atoms with Crippen molar-refractivity contribution in [3.8, 4) is 11.5 Å². The fourth-order valence-corrected chi connectivity index (χ4v) is 2.52. The lowest BCUT2D eigenvalue weighted by molar-refractivity contribution is 0.0949. The minimum absolute atomic E-state index is 0.227. The molecule has 2 atom stereocenters. The van der Waals surface area contributed by atoms with Crippen molar-refractivity contribution in [3.63, 3.8) is 0 Å². The van der Waals surface area contributed by atoms with Crippen molar-refractivity contribution in [2.45, 2.75) is 32.7 Å². The van der Waals surface area contributed by atoms with E-state index >= 15 is 0 Å². The van der Waals surface area contributed by atoms with Crippen LogP contribution < -0.4 is 20.5 Å². The fraction of sp³-hybridized carbons (Fsp3) is 0.474. The van der Waals surface area contributed by atoms with Crippen molar-refractivity contribution in [1.82, 2.24) is 10.3 Å². The largest absolute Gasteiger partial charge is 0.497 e. The number of carbonyl (C=O) groups excluding carboxylic acids is 1. The molecular weight excluding hydrogens is 334 g/mol. The molecule has 7 nitrogen and oxygen atoms in total. The summed E-state index contributed by atoms with van der Waals surface area (Å²) in [5.41, 5.74) is 7.27. The summed E-state index contributed by atoms with van der Waals surface area (Å²) in [4.78, 5) is 16.5. The van der Waals surface area contributed by atoms with E-state index in [-0.39, 0.29) is 23.6 Å². The molecule has 0 aliphatic heterocycles. The summed E-state index contributed by atoms with van der Waals surface area (Å²) >= 11 is 0. The summed E-state index contributed by atoms with van der Waals surface area (Å²) in [6.45, 7) is 4.51. The van der Waals surface area contributed by atoms with E-state index in [4.69, 9.17) is 19.6 Å². The number of hydrogen-bond acceptors (Lipinski definition) is 6. The van der Waals surface area contributed by atoms with Gasteiger partial charge in [0, 0.05) is 6.54 Å². The van der Waals surface area contributed by atoms with Crippen molar-refractivity contribution in [3.05, 3.63) is 41.6 Å². The third kappa shape index (κ3) is 4.76. The Labute approximate surface area is 153 Å². The quantitative estimate of drug-likeness (QED) is 0.712. The predicted octanol–water partition coefficient (Wildman–Crippen LogP) is 2.71. The van der Waals surface area contributed by atoms with Crippen LogP contribution in [0, 0.1) is 5.92 Å². The maximum absolute atomic E-state index is 12.3. The molecule has 0 aliphatic rings. The van der Waals surface area contributed by atoms with Crippen LogP contribution in [0.25, 0.3) is 0 Å². The van der Waals surface area contributed by atoms with Crippen LogP contribution in [0.15, 0.2) is 28.9 Å². The second kappa shape index (κ2) is 9.24. The summed E-state index contributed by atoms with van der Waals surface area (Å²) in [5.74, 6) is 1.82. The maximum atomic E-state index is 12.3. The molecule has 0 radical (unpaired) electrons. The van der Waals surface area contributed by atoms with Gasteiger partial charge in [-0.3, -0.25) is 4.79 Å². The molecule has 2 unspecified atom stereocenters. The molecule has 0 saturated carbocycles. The number of hydrogen-bond donors (Lipinski definition) is 2. The van der Waals surface area contributed by atoms with Gasteiger partial charge in [0.15, 0.2) is 5.69 Å². The van der Waals surface area contributed by atoms with Gasteiger partial charge in [-0.1, -0.05) is 20.3 Å². The Hall–Kier alpha value is -2.54. The number of rotatable bonds is 9. The van der Waals surface area contributed by atoms with Gasteiger partial charge in [-0.05, 0) is 36.1 Å². The van der Waals surface area contributed by atoms with Crippen LogP contribution in [0.5, 0.6) is 11.5 Å². The monoisotopic (exact) mass is 361 g/mol. The molecule has 0 fully saturated rings. The third-order valence-corrected chi connectivity index (χ3v) is 4.46. The lowest BCUT2D eigenvalue weighted by atomic mass is 10.0. The fourth-order valence-electron chi connectivity index (χ4n) is 2.52. The first-order chi connectivity index (χ1) is 12.5. The number of amides is 1. The van der Waals surface area contributed by atoms with Gasteiger partial charge in [0.2, 0.25) is 5.89 Å². The Balaban J connectivity index is 1.94. The molecule has 7 heteroatoms. The number of aromatic nitrogens is 1. The summed E-state index contributed by atoms with van der Waals surface area (Å²) in [7, 11) is 3.22. The van der Waals surface area contributed by atoms with Crippen LogP contribution in [0.3, 0.4) is 0 Å². The Morgan fingerprint density at radius 1 is 1.35 bits per heavy atom. The molecule has 2 aromatic rings. The first-order valence-corrected chi connectivity index (χ1v) is 8.70. The van der Waals surface area contributed by atoms with Gasteiger partial charge in [0.05, 0.1) is 20.3 Å². The second-order valence-electron chi connectivity index (χ2n) is 6.17. The van der Waals surface area contributed by atoms with Gasteiger partial charge >= 0.3 is 0 Å². The number of oxazole rings is 1. The summed E-state index contributed by atoms with van der Waals surface area (Å²) in [6.07, 6.45) is 2.86. The number of methoxy groups -OCH3 is 2. The second-order valence-corrected chi connectivity index (χ2v) is 6.17. The van der Waals surface area contributed by atoms with Gasteiger partial charge in [-0.2, -0.15) is 0 Å². The van der Waals surface area contributed by atoms with E-state index in [0.29, 0.717) is 18.9 Å². The molecule has 142 valence electrons. The van der Waals surface area contributed by atoms with Crippen LogP contribution in [0.4, 0.5) is 0 Å². The molecule has 0 spiro atoms. The van der Waals surface area contributed by atoms with Crippen molar-refractivity contribution in [2.24, 2.45) is 11.7 Å². The van der Waals surface area contributed by atoms with Crippen LogP contribution in [0.2, 0.25) is 0 Å². The van der Waals surface area contributed by atoms with E-state index in [1.165, 1.54) is 6.26 Å². The SMILES string of the molecule is CCC(C)C(N)c1nc(C(=O)NCCc2cc(OC)ccc2OC)co1. The van der Waals surface area contributed by atoms with Gasteiger partial charge in [0.1, 0.15) is 17.8 Å². The maximum Gasteiger partial charge on any atom is 0.273 e. The standard InChI is InChI=1S/C19H27N3O4/c1-5-12(2)17(20)19-22-15(11-26-19)18(23)21-9-8-13-10-14(24-3)6-7-16(13)25-4/h6-7,10-12,17H,5,8-9,20H2,1-4H3,(H,21,23). The van der Waals surface area contributed by atoms with Crippen LogP contribution in [-0.2, 0) is 6.42 Å². The van der Waals surface area contributed by atoms with Gasteiger partial charge < -0.3 is 24.9 Å². The van der Waals surface area contributed by atoms with Crippen molar-refractivity contribution in [1.29, 1.82) is 0 Å². The molecule has 0 bridgehead atoms. The Morgan fingerprint density at radius 2 is 2.12 bits per heavy atom. The van der Waals surface area contributed by atoms with Crippen LogP contribution in [0.1, 0.15) is 48.3 Å². The van der Waals surface area contributed by atoms with E-state index in [9.17, 15) is 4.79 Å². The molecule has 1 heterocycles. The van der Waals surface area contributed by atoms with Crippen molar-refractivity contribution < 1.29 is 18.7 Å². The molecule has 2 rings (SSSR count). The average molecular weight is 361 g/mol. The highest BCUT2D eigenvalue weighted by molar-refractivity contribution is 5.91. The zero-order valence-electron chi connectivity index (χ0n) is 15.7. The summed E-state index contributed by atoms with van der Waals surface area (Å²) in [6, 6.07) is 5.25. The Kier molecular flexibility index (Phi) is 7.03. The molecular formula is C19H27N3O4. The Morgan fingerprint density at radius 3 is 2.77 bits per heavy atom. The first kappa shape index (κ1) is 19.8. The van der Waals surface area contributed by atoms with Gasteiger partial charge in [0.25, 0.3) is 5.91 Å². The number of ether oxygens (including phenoxy) is 2. The smallest absolute Gasteiger partial charge is 0.273 e. The molecule has 1 aromatic carbocycles. The molecule has 0 aliphatic carbocycles. The first-order valence-electron chi connectivity index (χ1n) is 8.70. The summed E-state index contributed by atoms with van der Waals surface area (Å²) < 4.78 is 15.9. The number of carbonyl (C=O) groups is 1. The highest BCUT2D eigenvalue weighted by atomic mass is 16.5. The minimum Gasteiger partial charge on any atom is -0.497 e. The topological polar surface area (TPSA) is 99.6 Å². The number of nitrogens with one attached hydrogen (secondary N) is 1. The molecule has 26 heavy (non-hydrogen) atoms. The van der Waals surface area contributed by atoms with Crippen LogP contribution >= 0.6 is 0 Å². The van der Waals surface area contributed by atoms with E-state index < -0.39 is 0 Å². The minimum atomic E-state index is -0.317. The lowest BCUT2D eigenvalue weighted by Crippen LogP contribution is -2.26. The summed E-state index contributed by atoms with van der Waals surface area (Å²) in [5, 5.41) is 2.83. The van der Waals surface area contributed by atoms with Crippen molar-refractivity contribution in [2.75, 3.05) is 20.8 Å². The van der Waals surface area contributed by atoms with E-state index in [2.05, 4.69) is 10.3 Å². The number of benzene rings is 1. The van der Waals surface area contributed by atoms with Crippen molar-refractivity contribution >= 4 is 5.91 Å². The number of nitrogens with zero attached hydrogens (tertiary/aromatic N) is 1. The van der Waals surface area contributed by atoms with Gasteiger partial charge in [-0.15, -0.1) is 0 Å². The van der Waals surface area contributed by atoms with E-state index in [1.54, 1.807) is 14.2 Å². The van der Waals surface area contributed by atoms with E-state index in [1.807, 2.05) is 32.0 Å². The zero-order chi connectivity index (χ0) is 19.1. The molecule has 1 aromatic heterocycles. The Bertz CT molecular complexity index is 729.